The number of nitrogens with zero attached hydrogens (tertiary/aromatic N) is 1. The van der Waals surface area contributed by atoms with Crippen LogP contribution in [0.1, 0.15) is 31.1 Å². The standard InChI is InChI=1S/C30H37NO11/c32-27(24-6-2-1-3-7-24)30(35)42-23-22-41-21-20-40-19-18-39-17-16-38-15-14-37-13-12-36-11-10-31-28(33)25-8-4-5-9-26(25)29(31)34/h1-9H,10-23H2. The van der Waals surface area contributed by atoms with E-state index < -0.39 is 11.8 Å². The van der Waals surface area contributed by atoms with Gasteiger partial charge in [0.2, 0.25) is 0 Å². The minimum atomic E-state index is -0.906. The van der Waals surface area contributed by atoms with Gasteiger partial charge >= 0.3 is 5.97 Å². The van der Waals surface area contributed by atoms with E-state index in [9.17, 15) is 19.2 Å². The zero-order valence-electron chi connectivity index (χ0n) is 23.5. The molecule has 0 bridgehead atoms. The molecule has 0 aromatic heterocycles. The Hall–Kier alpha value is -3.52. The highest BCUT2D eigenvalue weighted by molar-refractivity contribution is 6.40. The Kier molecular flexibility index (Phi) is 15.4. The molecule has 0 radical (unpaired) electrons. The SMILES string of the molecule is O=C(OCCOCCOCCOCCOCCOCCOCCN1C(=O)c2ccccc2C1=O)C(=O)c1ccccc1. The topological polar surface area (TPSA) is 136 Å². The van der Waals surface area contributed by atoms with Gasteiger partial charge in [0, 0.05) is 5.56 Å². The van der Waals surface area contributed by atoms with Gasteiger partial charge in [0.1, 0.15) is 6.61 Å². The van der Waals surface area contributed by atoms with Crippen LogP contribution in [0.25, 0.3) is 0 Å². The van der Waals surface area contributed by atoms with Gasteiger partial charge in [-0.2, -0.15) is 0 Å². The van der Waals surface area contributed by atoms with Crippen LogP contribution in [0.2, 0.25) is 0 Å². The van der Waals surface area contributed by atoms with Crippen LogP contribution in [-0.2, 0) is 38.0 Å². The van der Waals surface area contributed by atoms with E-state index in [4.69, 9.17) is 33.2 Å². The van der Waals surface area contributed by atoms with Crippen LogP contribution in [0.3, 0.4) is 0 Å². The number of esters is 1. The van der Waals surface area contributed by atoms with Crippen molar-refractivity contribution in [3.63, 3.8) is 0 Å². The quantitative estimate of drug-likeness (QED) is 0.0619. The second-order valence-corrected chi connectivity index (χ2v) is 8.81. The summed E-state index contributed by atoms with van der Waals surface area (Å²) in [5, 5.41) is 0. The van der Waals surface area contributed by atoms with Crippen LogP contribution in [0, 0.1) is 0 Å². The number of amides is 2. The van der Waals surface area contributed by atoms with Crippen LogP contribution < -0.4 is 0 Å². The first-order chi connectivity index (χ1) is 20.6. The normalized spacial score (nSPS) is 12.5. The summed E-state index contributed by atoms with van der Waals surface area (Å²) in [5.74, 6) is -2.17. The number of benzene rings is 2. The number of carbonyl (C=O) groups is 4. The van der Waals surface area contributed by atoms with E-state index in [1.807, 2.05) is 0 Å². The Morgan fingerprint density at radius 3 is 1.33 bits per heavy atom. The number of fused-ring (bicyclic) bond motifs is 1. The predicted molar refractivity (Wildman–Crippen MR) is 148 cm³/mol. The van der Waals surface area contributed by atoms with E-state index >= 15 is 0 Å². The van der Waals surface area contributed by atoms with E-state index in [-0.39, 0.29) is 43.7 Å². The Balaban J connectivity index is 1.01. The summed E-state index contributed by atoms with van der Waals surface area (Å²) < 4.78 is 37.4. The maximum atomic E-state index is 12.3. The molecule has 1 heterocycles. The number of rotatable bonds is 23. The molecule has 0 N–H and O–H groups in total. The molecular weight excluding hydrogens is 550 g/mol. The van der Waals surface area contributed by atoms with Crippen LogP contribution in [-0.4, -0.2) is 121 Å². The average molecular weight is 588 g/mol. The fourth-order valence-corrected chi connectivity index (χ4v) is 3.77. The zero-order chi connectivity index (χ0) is 29.8. The second-order valence-electron chi connectivity index (χ2n) is 8.81. The van der Waals surface area contributed by atoms with Crippen molar-refractivity contribution in [2.24, 2.45) is 0 Å². The van der Waals surface area contributed by atoms with Crippen molar-refractivity contribution in [3.05, 3.63) is 71.3 Å². The Morgan fingerprint density at radius 2 is 0.881 bits per heavy atom. The van der Waals surface area contributed by atoms with Gasteiger partial charge in [0.25, 0.3) is 17.6 Å². The summed E-state index contributed by atoms with van der Waals surface area (Å²) in [4.78, 5) is 49.3. The number of carbonyl (C=O) groups excluding carboxylic acids is 4. The smallest absolute Gasteiger partial charge is 0.379 e. The lowest BCUT2D eigenvalue weighted by Gasteiger charge is -2.13. The Labute approximate surface area is 244 Å². The molecule has 42 heavy (non-hydrogen) atoms. The number of ketones is 1. The monoisotopic (exact) mass is 587 g/mol. The molecule has 12 heteroatoms. The van der Waals surface area contributed by atoms with Crippen molar-refractivity contribution in [2.45, 2.75) is 0 Å². The van der Waals surface area contributed by atoms with Gasteiger partial charge in [-0.1, -0.05) is 42.5 Å². The zero-order valence-corrected chi connectivity index (χ0v) is 23.5. The highest BCUT2D eigenvalue weighted by Gasteiger charge is 2.34. The van der Waals surface area contributed by atoms with E-state index in [0.29, 0.717) is 77.2 Å². The molecule has 3 rings (SSSR count). The maximum Gasteiger partial charge on any atom is 0.379 e. The minimum Gasteiger partial charge on any atom is -0.457 e. The first-order valence-electron chi connectivity index (χ1n) is 13.8. The highest BCUT2D eigenvalue weighted by Crippen LogP contribution is 2.21. The van der Waals surface area contributed by atoms with Crippen molar-refractivity contribution in [3.8, 4) is 0 Å². The first kappa shape index (κ1) is 33.0. The second kappa shape index (κ2) is 19.6. The molecule has 0 saturated carbocycles. The lowest BCUT2D eigenvalue weighted by atomic mass is 10.1. The molecule has 0 saturated heterocycles. The van der Waals surface area contributed by atoms with Crippen molar-refractivity contribution < 1.29 is 52.3 Å². The Morgan fingerprint density at radius 1 is 0.500 bits per heavy atom. The van der Waals surface area contributed by atoms with Gasteiger partial charge in [-0.15, -0.1) is 0 Å². The third kappa shape index (κ3) is 11.4. The molecule has 0 aliphatic carbocycles. The molecule has 2 aromatic rings. The molecule has 1 aliphatic heterocycles. The van der Waals surface area contributed by atoms with E-state index in [0.717, 1.165) is 0 Å². The molecule has 0 spiro atoms. The van der Waals surface area contributed by atoms with E-state index in [2.05, 4.69) is 0 Å². The average Bonchev–Trinajstić information content (AvgIpc) is 3.26. The summed E-state index contributed by atoms with van der Waals surface area (Å²) in [6.45, 7) is 4.51. The molecule has 0 atom stereocenters. The van der Waals surface area contributed by atoms with Gasteiger partial charge in [-0.05, 0) is 12.1 Å². The molecule has 1 aliphatic rings. The van der Waals surface area contributed by atoms with Crippen molar-refractivity contribution in [2.75, 3.05) is 92.4 Å². The molecule has 2 amide bonds. The summed E-state index contributed by atoms with van der Waals surface area (Å²) in [6.07, 6.45) is 0. The fraction of sp³-hybridized carbons (Fsp3) is 0.467. The molecule has 0 unspecified atom stereocenters. The largest absolute Gasteiger partial charge is 0.457 e. The fourth-order valence-electron chi connectivity index (χ4n) is 3.77. The van der Waals surface area contributed by atoms with Crippen LogP contribution >= 0.6 is 0 Å². The highest BCUT2D eigenvalue weighted by atomic mass is 16.6. The van der Waals surface area contributed by atoms with E-state index in [1.165, 1.54) is 4.90 Å². The molecule has 2 aromatic carbocycles. The van der Waals surface area contributed by atoms with E-state index in [1.54, 1.807) is 54.6 Å². The molecule has 12 nitrogen and oxygen atoms in total. The maximum absolute atomic E-state index is 12.3. The molecular formula is C30H37NO11. The van der Waals surface area contributed by atoms with Crippen LogP contribution in [0.5, 0.6) is 0 Å². The number of hydrogen-bond acceptors (Lipinski definition) is 11. The predicted octanol–water partition coefficient (Wildman–Crippen LogP) is 1.81. The number of hydrogen-bond donors (Lipinski definition) is 0. The van der Waals surface area contributed by atoms with Crippen molar-refractivity contribution in [1.29, 1.82) is 0 Å². The Bertz CT molecular complexity index is 1090. The van der Waals surface area contributed by atoms with Crippen LogP contribution in [0.4, 0.5) is 0 Å². The molecule has 228 valence electrons. The van der Waals surface area contributed by atoms with Gasteiger partial charge in [-0.25, -0.2) is 4.79 Å². The van der Waals surface area contributed by atoms with Gasteiger partial charge < -0.3 is 33.2 Å². The van der Waals surface area contributed by atoms with Crippen LogP contribution in [0.15, 0.2) is 54.6 Å². The number of imide groups is 1. The number of Topliss-reactive ketones (excluding diaryl/α,β-unsaturated/α-hetero) is 1. The summed E-state index contributed by atoms with van der Waals surface area (Å²) >= 11 is 0. The third-order valence-corrected chi connectivity index (χ3v) is 5.88. The summed E-state index contributed by atoms with van der Waals surface area (Å²) in [6, 6.07) is 15.0. The lowest BCUT2D eigenvalue weighted by molar-refractivity contribution is -0.139. The third-order valence-electron chi connectivity index (χ3n) is 5.88. The first-order valence-corrected chi connectivity index (χ1v) is 13.8. The van der Waals surface area contributed by atoms with Crippen molar-refractivity contribution in [1.82, 2.24) is 4.90 Å². The summed E-state index contributed by atoms with van der Waals surface area (Å²) in [7, 11) is 0. The van der Waals surface area contributed by atoms with Crippen molar-refractivity contribution >= 4 is 23.6 Å². The van der Waals surface area contributed by atoms with Gasteiger partial charge in [-0.3, -0.25) is 19.3 Å². The van der Waals surface area contributed by atoms with Gasteiger partial charge in [0.05, 0.1) is 97.0 Å². The minimum absolute atomic E-state index is 0.0134. The summed E-state index contributed by atoms with van der Waals surface area (Å²) in [5.41, 5.74) is 1.15. The molecule has 0 fully saturated rings. The van der Waals surface area contributed by atoms with Gasteiger partial charge in [0.15, 0.2) is 0 Å². The number of ether oxygens (including phenoxy) is 7. The lowest BCUT2D eigenvalue weighted by Crippen LogP contribution is -2.33.